The summed E-state index contributed by atoms with van der Waals surface area (Å²) in [5.74, 6) is 0.626. The maximum atomic E-state index is 12.5. The molecule has 0 aromatic heterocycles. The maximum Gasteiger partial charge on any atom is 0.246 e. The van der Waals surface area contributed by atoms with E-state index in [-0.39, 0.29) is 5.91 Å². The van der Waals surface area contributed by atoms with Crippen molar-refractivity contribution in [1.82, 2.24) is 4.90 Å². The Morgan fingerprint density at radius 2 is 1.62 bits per heavy atom. The predicted octanol–water partition coefficient (Wildman–Crippen LogP) is 4.48. The van der Waals surface area contributed by atoms with Crippen molar-refractivity contribution in [2.75, 3.05) is 31.1 Å². The van der Waals surface area contributed by atoms with Crippen LogP contribution in [0.2, 0.25) is 0 Å². The summed E-state index contributed by atoms with van der Waals surface area (Å²) in [6, 6.07) is 16.9. The van der Waals surface area contributed by atoms with Gasteiger partial charge in [0.15, 0.2) is 0 Å². The van der Waals surface area contributed by atoms with Gasteiger partial charge in [-0.25, -0.2) is 0 Å². The third-order valence-corrected chi connectivity index (χ3v) is 5.07. The Labute approximate surface area is 156 Å². The molecule has 26 heavy (non-hydrogen) atoms. The molecular formula is C23H28N2O. The lowest BCUT2D eigenvalue weighted by Gasteiger charge is -2.36. The van der Waals surface area contributed by atoms with Gasteiger partial charge >= 0.3 is 0 Å². The number of nitrogens with zero attached hydrogens (tertiary/aromatic N) is 2. The molecule has 1 amide bonds. The normalized spacial score (nSPS) is 15.1. The van der Waals surface area contributed by atoms with Gasteiger partial charge < -0.3 is 9.80 Å². The van der Waals surface area contributed by atoms with Gasteiger partial charge in [0.25, 0.3) is 0 Å². The molecule has 0 unspecified atom stereocenters. The second-order valence-corrected chi connectivity index (χ2v) is 7.25. The minimum Gasteiger partial charge on any atom is -0.368 e. The first kappa shape index (κ1) is 18.2. The first-order chi connectivity index (χ1) is 12.5. The highest BCUT2D eigenvalue weighted by molar-refractivity contribution is 5.92. The molecular weight excluding hydrogens is 320 g/mol. The predicted molar refractivity (Wildman–Crippen MR) is 110 cm³/mol. The molecule has 3 nitrogen and oxygen atoms in total. The Morgan fingerprint density at radius 3 is 2.23 bits per heavy atom. The molecule has 0 N–H and O–H groups in total. The van der Waals surface area contributed by atoms with E-state index in [0.29, 0.717) is 5.92 Å². The van der Waals surface area contributed by atoms with Crippen molar-refractivity contribution < 1.29 is 4.79 Å². The SMILES string of the molecule is Cc1ccccc1N1CCN(C(=O)/C=C/c2ccc(C(C)C)cc2)CC1. The number of amides is 1. The van der Waals surface area contributed by atoms with Gasteiger partial charge in [0.2, 0.25) is 5.91 Å². The van der Waals surface area contributed by atoms with E-state index in [1.54, 1.807) is 6.08 Å². The molecule has 1 aliphatic heterocycles. The highest BCUT2D eigenvalue weighted by atomic mass is 16.2. The highest BCUT2D eigenvalue weighted by Gasteiger charge is 2.20. The van der Waals surface area contributed by atoms with Crippen LogP contribution in [0.4, 0.5) is 5.69 Å². The lowest BCUT2D eigenvalue weighted by molar-refractivity contribution is -0.126. The van der Waals surface area contributed by atoms with Crippen LogP contribution in [-0.4, -0.2) is 37.0 Å². The summed E-state index contributed by atoms with van der Waals surface area (Å²) in [4.78, 5) is 16.8. The van der Waals surface area contributed by atoms with Crippen LogP contribution in [-0.2, 0) is 4.79 Å². The quantitative estimate of drug-likeness (QED) is 0.761. The summed E-state index contributed by atoms with van der Waals surface area (Å²) in [5.41, 5.74) is 4.96. The van der Waals surface area contributed by atoms with Crippen LogP contribution in [0.1, 0.15) is 36.5 Å². The second kappa shape index (κ2) is 8.22. The molecule has 1 heterocycles. The van der Waals surface area contributed by atoms with Gasteiger partial charge in [-0.05, 0) is 41.7 Å². The minimum atomic E-state index is 0.0994. The van der Waals surface area contributed by atoms with Crippen molar-refractivity contribution in [3.8, 4) is 0 Å². The van der Waals surface area contributed by atoms with E-state index in [1.807, 2.05) is 11.0 Å². The van der Waals surface area contributed by atoms with E-state index in [2.05, 4.69) is 74.2 Å². The average molecular weight is 348 g/mol. The number of anilines is 1. The lowest BCUT2D eigenvalue weighted by atomic mass is 10.0. The maximum absolute atomic E-state index is 12.5. The van der Waals surface area contributed by atoms with Crippen molar-refractivity contribution >= 4 is 17.7 Å². The molecule has 2 aromatic rings. The highest BCUT2D eigenvalue weighted by Crippen LogP contribution is 2.21. The Morgan fingerprint density at radius 1 is 0.962 bits per heavy atom. The van der Waals surface area contributed by atoms with E-state index in [1.165, 1.54) is 16.8 Å². The number of piperazine rings is 1. The number of hydrogen-bond acceptors (Lipinski definition) is 2. The molecule has 0 spiro atoms. The van der Waals surface area contributed by atoms with Gasteiger partial charge in [0.1, 0.15) is 0 Å². The number of carbonyl (C=O) groups excluding carboxylic acids is 1. The minimum absolute atomic E-state index is 0.0994. The van der Waals surface area contributed by atoms with Gasteiger partial charge in [-0.1, -0.05) is 56.3 Å². The van der Waals surface area contributed by atoms with Gasteiger partial charge in [0, 0.05) is 37.9 Å². The molecule has 0 aliphatic carbocycles. The number of aryl methyl sites for hydroxylation is 1. The fraction of sp³-hybridized carbons (Fsp3) is 0.348. The summed E-state index contributed by atoms with van der Waals surface area (Å²) < 4.78 is 0. The average Bonchev–Trinajstić information content (AvgIpc) is 2.67. The van der Waals surface area contributed by atoms with Crippen LogP contribution in [0.25, 0.3) is 6.08 Å². The lowest BCUT2D eigenvalue weighted by Crippen LogP contribution is -2.48. The molecule has 3 rings (SSSR count). The molecule has 0 radical (unpaired) electrons. The van der Waals surface area contributed by atoms with Gasteiger partial charge in [-0.3, -0.25) is 4.79 Å². The summed E-state index contributed by atoms with van der Waals surface area (Å²) in [5, 5.41) is 0. The number of benzene rings is 2. The smallest absolute Gasteiger partial charge is 0.246 e. The van der Waals surface area contributed by atoms with Crippen LogP contribution in [0, 0.1) is 6.92 Å². The molecule has 1 aliphatic rings. The van der Waals surface area contributed by atoms with E-state index < -0.39 is 0 Å². The largest absolute Gasteiger partial charge is 0.368 e. The molecule has 0 bridgehead atoms. The third-order valence-electron chi connectivity index (χ3n) is 5.07. The monoisotopic (exact) mass is 348 g/mol. The first-order valence-electron chi connectivity index (χ1n) is 9.42. The topological polar surface area (TPSA) is 23.6 Å². The van der Waals surface area contributed by atoms with Crippen molar-refractivity contribution in [1.29, 1.82) is 0 Å². The van der Waals surface area contributed by atoms with E-state index in [9.17, 15) is 4.79 Å². The van der Waals surface area contributed by atoms with Gasteiger partial charge in [-0.2, -0.15) is 0 Å². The standard InChI is InChI=1S/C23H28N2O/c1-18(2)21-11-8-20(9-12-21)10-13-23(26)25-16-14-24(15-17-25)22-7-5-4-6-19(22)3/h4-13,18H,14-17H2,1-3H3/b13-10+. The van der Waals surface area contributed by atoms with Crippen molar-refractivity contribution in [2.24, 2.45) is 0 Å². The number of carbonyl (C=O) groups is 1. The van der Waals surface area contributed by atoms with Crippen LogP contribution >= 0.6 is 0 Å². The Balaban J connectivity index is 1.56. The van der Waals surface area contributed by atoms with E-state index >= 15 is 0 Å². The Bertz CT molecular complexity index is 769. The molecule has 3 heteroatoms. The van der Waals surface area contributed by atoms with Crippen LogP contribution in [0.15, 0.2) is 54.6 Å². The van der Waals surface area contributed by atoms with E-state index in [4.69, 9.17) is 0 Å². The summed E-state index contributed by atoms with van der Waals surface area (Å²) in [6.07, 6.45) is 3.62. The van der Waals surface area contributed by atoms with Crippen molar-refractivity contribution in [2.45, 2.75) is 26.7 Å². The summed E-state index contributed by atoms with van der Waals surface area (Å²) in [7, 11) is 0. The molecule has 2 aromatic carbocycles. The zero-order valence-electron chi connectivity index (χ0n) is 16.0. The molecule has 136 valence electrons. The van der Waals surface area contributed by atoms with Crippen LogP contribution in [0.3, 0.4) is 0 Å². The summed E-state index contributed by atoms with van der Waals surface area (Å²) >= 11 is 0. The van der Waals surface area contributed by atoms with Crippen LogP contribution in [0.5, 0.6) is 0 Å². The number of rotatable bonds is 4. The number of para-hydroxylation sites is 1. The third kappa shape index (κ3) is 4.34. The van der Waals surface area contributed by atoms with Gasteiger partial charge in [-0.15, -0.1) is 0 Å². The number of hydrogen-bond donors (Lipinski definition) is 0. The first-order valence-corrected chi connectivity index (χ1v) is 9.42. The summed E-state index contributed by atoms with van der Waals surface area (Å²) in [6.45, 7) is 9.81. The van der Waals surface area contributed by atoms with E-state index in [0.717, 1.165) is 31.7 Å². The fourth-order valence-corrected chi connectivity index (χ4v) is 3.35. The molecule has 0 atom stereocenters. The second-order valence-electron chi connectivity index (χ2n) is 7.25. The molecule has 1 saturated heterocycles. The Hall–Kier alpha value is -2.55. The molecule has 0 saturated carbocycles. The zero-order valence-corrected chi connectivity index (χ0v) is 16.0. The van der Waals surface area contributed by atoms with Crippen molar-refractivity contribution in [3.05, 3.63) is 71.3 Å². The van der Waals surface area contributed by atoms with Gasteiger partial charge in [0.05, 0.1) is 0 Å². The molecule has 1 fully saturated rings. The zero-order chi connectivity index (χ0) is 18.5. The van der Waals surface area contributed by atoms with Crippen molar-refractivity contribution in [3.63, 3.8) is 0 Å². The fourth-order valence-electron chi connectivity index (χ4n) is 3.35. The van der Waals surface area contributed by atoms with Crippen LogP contribution < -0.4 is 4.90 Å². The Kier molecular flexibility index (Phi) is 5.77.